The van der Waals surface area contributed by atoms with Crippen LogP contribution in [-0.2, 0) is 19.1 Å². The molecule has 3 aliphatic rings. The average Bonchev–Trinajstić information content (AvgIpc) is 3.34. The minimum Gasteiger partial charge on any atom is -0.497 e. The first-order valence-electron chi connectivity index (χ1n) is 9.84. The molecule has 2 bridgehead atoms. The van der Waals surface area contributed by atoms with Gasteiger partial charge in [0.2, 0.25) is 5.91 Å². The first kappa shape index (κ1) is 19.0. The summed E-state index contributed by atoms with van der Waals surface area (Å²) < 4.78 is 16.8. The molecule has 150 valence electrons. The highest BCUT2D eigenvalue weighted by molar-refractivity contribution is 5.91. The molecule has 2 saturated heterocycles. The predicted octanol–water partition coefficient (Wildman–Crippen LogP) is 2.74. The monoisotopic (exact) mass is 385 g/mol. The largest absolute Gasteiger partial charge is 0.497 e. The first-order valence-corrected chi connectivity index (χ1v) is 9.84. The summed E-state index contributed by atoms with van der Waals surface area (Å²) in [4.78, 5) is 27.9. The number of amides is 1. The van der Waals surface area contributed by atoms with Crippen LogP contribution in [0, 0.1) is 17.8 Å². The van der Waals surface area contributed by atoms with Crippen molar-refractivity contribution in [2.24, 2.45) is 17.8 Å². The van der Waals surface area contributed by atoms with Crippen molar-refractivity contribution in [2.45, 2.75) is 38.5 Å². The van der Waals surface area contributed by atoms with Gasteiger partial charge in [0.1, 0.15) is 17.3 Å². The molecule has 4 rings (SSSR count). The third-order valence-corrected chi connectivity index (χ3v) is 6.03. The fourth-order valence-corrected chi connectivity index (χ4v) is 4.53. The Morgan fingerprint density at radius 3 is 2.64 bits per heavy atom. The van der Waals surface area contributed by atoms with Crippen molar-refractivity contribution in [1.82, 2.24) is 4.90 Å². The van der Waals surface area contributed by atoms with Gasteiger partial charge in [0, 0.05) is 0 Å². The van der Waals surface area contributed by atoms with Gasteiger partial charge in [-0.2, -0.15) is 0 Å². The number of ether oxygens (including phenoxy) is 3. The quantitative estimate of drug-likeness (QED) is 0.557. The normalized spacial score (nSPS) is 31.4. The van der Waals surface area contributed by atoms with Crippen molar-refractivity contribution in [3.63, 3.8) is 0 Å². The van der Waals surface area contributed by atoms with E-state index in [2.05, 4.69) is 0 Å². The Morgan fingerprint density at radius 1 is 1.29 bits per heavy atom. The van der Waals surface area contributed by atoms with Crippen LogP contribution in [0.5, 0.6) is 5.75 Å². The van der Waals surface area contributed by atoms with Gasteiger partial charge in [-0.15, -0.1) is 0 Å². The number of hydrogen-bond donors (Lipinski definition) is 0. The molecule has 1 aromatic rings. The third kappa shape index (κ3) is 2.91. The van der Waals surface area contributed by atoms with Crippen LogP contribution < -0.4 is 4.74 Å². The summed E-state index contributed by atoms with van der Waals surface area (Å²) in [6.07, 6.45) is 3.51. The molecular formula is C22H27NO5. The molecule has 0 aliphatic carbocycles. The van der Waals surface area contributed by atoms with E-state index < -0.39 is 17.4 Å². The number of carbonyl (C=O) groups is 2. The van der Waals surface area contributed by atoms with Crippen molar-refractivity contribution in [3.8, 4) is 5.75 Å². The maximum Gasteiger partial charge on any atom is 0.312 e. The van der Waals surface area contributed by atoms with Gasteiger partial charge in [-0.05, 0) is 30.5 Å². The van der Waals surface area contributed by atoms with Gasteiger partial charge in [0.15, 0.2) is 0 Å². The van der Waals surface area contributed by atoms with Crippen LogP contribution in [0.25, 0.3) is 0 Å². The fourth-order valence-electron chi connectivity index (χ4n) is 4.53. The van der Waals surface area contributed by atoms with Crippen molar-refractivity contribution in [1.29, 1.82) is 0 Å². The van der Waals surface area contributed by atoms with E-state index in [1.54, 1.807) is 7.11 Å². The molecule has 2 fully saturated rings. The molecule has 28 heavy (non-hydrogen) atoms. The smallest absolute Gasteiger partial charge is 0.312 e. The number of likely N-dealkylation sites (tertiary alicyclic amines) is 1. The van der Waals surface area contributed by atoms with Crippen LogP contribution in [0.1, 0.15) is 32.4 Å². The zero-order valence-electron chi connectivity index (χ0n) is 16.8. The van der Waals surface area contributed by atoms with Crippen LogP contribution in [-0.4, -0.2) is 48.7 Å². The SMILES string of the molecule is COc1ccc([C@H](C)N2C[C@@]34C=C[C@@H](O3)[C@@H](C(=O)OCC(C)C)[C@@H]4C2=O)cc1. The van der Waals surface area contributed by atoms with Crippen LogP contribution in [0.4, 0.5) is 0 Å². The molecular weight excluding hydrogens is 358 g/mol. The van der Waals surface area contributed by atoms with E-state index in [9.17, 15) is 9.59 Å². The van der Waals surface area contributed by atoms with Crippen molar-refractivity contribution in [3.05, 3.63) is 42.0 Å². The number of carbonyl (C=O) groups excluding carboxylic acids is 2. The molecule has 0 aromatic heterocycles. The van der Waals surface area contributed by atoms with Crippen molar-refractivity contribution in [2.75, 3.05) is 20.3 Å². The summed E-state index contributed by atoms with van der Waals surface area (Å²) in [5.41, 5.74) is 0.298. The summed E-state index contributed by atoms with van der Waals surface area (Å²) in [5.74, 6) is -0.424. The Bertz CT molecular complexity index is 802. The molecule has 0 unspecified atom stereocenters. The molecule has 0 radical (unpaired) electrons. The summed E-state index contributed by atoms with van der Waals surface area (Å²) in [6.45, 7) is 6.78. The Kier molecular flexibility index (Phi) is 4.70. The molecule has 1 aromatic carbocycles. The third-order valence-electron chi connectivity index (χ3n) is 6.03. The molecule has 6 heteroatoms. The minimum atomic E-state index is -0.718. The molecule has 5 atom stereocenters. The Labute approximate surface area is 165 Å². The maximum atomic E-state index is 13.3. The second-order valence-corrected chi connectivity index (χ2v) is 8.34. The van der Waals surface area contributed by atoms with E-state index >= 15 is 0 Å². The number of esters is 1. The highest BCUT2D eigenvalue weighted by atomic mass is 16.6. The van der Waals surface area contributed by atoms with Crippen LogP contribution in [0.2, 0.25) is 0 Å². The topological polar surface area (TPSA) is 65.1 Å². The first-order chi connectivity index (χ1) is 13.4. The summed E-state index contributed by atoms with van der Waals surface area (Å²) in [6, 6.07) is 7.58. The van der Waals surface area contributed by atoms with Gasteiger partial charge in [0.25, 0.3) is 0 Å². The number of hydrogen-bond acceptors (Lipinski definition) is 5. The second-order valence-electron chi connectivity index (χ2n) is 8.34. The van der Waals surface area contributed by atoms with E-state index in [-0.39, 0.29) is 29.9 Å². The van der Waals surface area contributed by atoms with Crippen molar-refractivity contribution >= 4 is 11.9 Å². The average molecular weight is 385 g/mol. The zero-order chi connectivity index (χ0) is 20.1. The number of fused-ring (bicyclic) bond motifs is 1. The molecule has 0 saturated carbocycles. The van der Waals surface area contributed by atoms with E-state index in [0.717, 1.165) is 11.3 Å². The van der Waals surface area contributed by atoms with Gasteiger partial charge in [-0.1, -0.05) is 38.1 Å². The van der Waals surface area contributed by atoms with E-state index in [1.165, 1.54) is 0 Å². The van der Waals surface area contributed by atoms with E-state index in [1.807, 2.05) is 62.1 Å². The van der Waals surface area contributed by atoms with Crippen LogP contribution >= 0.6 is 0 Å². The van der Waals surface area contributed by atoms with E-state index in [0.29, 0.717) is 13.2 Å². The Hall–Kier alpha value is -2.34. The summed E-state index contributed by atoms with van der Waals surface area (Å²) in [5, 5.41) is 0. The second kappa shape index (κ2) is 6.92. The molecule has 0 N–H and O–H groups in total. The van der Waals surface area contributed by atoms with Crippen molar-refractivity contribution < 1.29 is 23.8 Å². The summed E-state index contributed by atoms with van der Waals surface area (Å²) >= 11 is 0. The van der Waals surface area contributed by atoms with Gasteiger partial charge in [-0.3, -0.25) is 9.59 Å². The van der Waals surface area contributed by atoms with E-state index in [4.69, 9.17) is 14.2 Å². The van der Waals surface area contributed by atoms with Gasteiger partial charge in [0.05, 0.1) is 38.3 Å². The zero-order valence-corrected chi connectivity index (χ0v) is 16.8. The van der Waals surface area contributed by atoms with Crippen LogP contribution in [0.15, 0.2) is 36.4 Å². The molecule has 3 aliphatic heterocycles. The molecule has 1 spiro atoms. The highest BCUT2D eigenvalue weighted by Crippen LogP contribution is 2.53. The number of rotatable bonds is 6. The lowest BCUT2D eigenvalue weighted by Crippen LogP contribution is -2.40. The number of nitrogens with zero attached hydrogens (tertiary/aromatic N) is 1. The predicted molar refractivity (Wildman–Crippen MR) is 103 cm³/mol. The molecule has 3 heterocycles. The maximum absolute atomic E-state index is 13.3. The molecule has 6 nitrogen and oxygen atoms in total. The lowest BCUT2D eigenvalue weighted by Gasteiger charge is -2.27. The number of benzene rings is 1. The Morgan fingerprint density at radius 2 is 2.00 bits per heavy atom. The molecule has 1 amide bonds. The number of methoxy groups -OCH3 is 1. The Balaban J connectivity index is 1.56. The lowest BCUT2D eigenvalue weighted by atomic mass is 9.77. The minimum absolute atomic E-state index is 0.0401. The van der Waals surface area contributed by atoms with Crippen LogP contribution in [0.3, 0.4) is 0 Å². The van der Waals surface area contributed by atoms with Gasteiger partial charge in [-0.25, -0.2) is 0 Å². The highest BCUT2D eigenvalue weighted by Gasteiger charge is 2.67. The lowest BCUT2D eigenvalue weighted by molar-refractivity contribution is -0.155. The summed E-state index contributed by atoms with van der Waals surface area (Å²) in [7, 11) is 1.63. The van der Waals surface area contributed by atoms with Gasteiger partial charge < -0.3 is 19.1 Å². The standard InChI is InChI=1S/C22H27NO5/c1-13(2)11-27-21(25)18-17-9-10-22(28-17)12-23(20(24)19(18)22)14(3)15-5-7-16(26-4)8-6-15/h5-10,13-14,17-19H,11-12H2,1-4H3/t14-,17+,18+,19+,22+/m0/s1. The van der Waals surface area contributed by atoms with Gasteiger partial charge >= 0.3 is 5.97 Å². The fraction of sp³-hybridized carbons (Fsp3) is 0.545.